The van der Waals surface area contributed by atoms with Gasteiger partial charge < -0.3 is 0 Å². The highest BCUT2D eigenvalue weighted by molar-refractivity contribution is 6.03. The number of Topliss-reactive ketones (excluding diaryl/α,β-unsaturated/α-hetero) is 1. The van der Waals surface area contributed by atoms with Crippen molar-refractivity contribution in [2.45, 2.75) is 51.4 Å². The average molecular weight is 280 g/mol. The van der Waals surface area contributed by atoms with Gasteiger partial charge in [-0.1, -0.05) is 62.1 Å². The van der Waals surface area contributed by atoms with Crippen molar-refractivity contribution in [3.8, 4) is 0 Å². The van der Waals surface area contributed by atoms with Crippen LogP contribution in [-0.4, -0.2) is 5.78 Å². The van der Waals surface area contributed by atoms with Gasteiger partial charge in [0.1, 0.15) is 0 Å². The molecule has 110 valence electrons. The van der Waals surface area contributed by atoms with Crippen molar-refractivity contribution in [2.24, 2.45) is 17.3 Å². The zero-order valence-corrected chi connectivity index (χ0v) is 12.7. The summed E-state index contributed by atoms with van der Waals surface area (Å²) in [7, 11) is 0. The largest absolute Gasteiger partial charge is 0.294 e. The lowest BCUT2D eigenvalue weighted by atomic mass is 9.61. The van der Waals surface area contributed by atoms with Gasteiger partial charge in [-0.25, -0.2) is 0 Å². The number of rotatable bonds is 1. The first-order valence-corrected chi connectivity index (χ1v) is 8.50. The van der Waals surface area contributed by atoms with Crippen LogP contribution in [0.5, 0.6) is 0 Å². The van der Waals surface area contributed by atoms with E-state index in [0.717, 1.165) is 37.2 Å². The summed E-state index contributed by atoms with van der Waals surface area (Å²) in [6.45, 7) is 4.26. The Bertz CT molecular complexity index is 594. The van der Waals surface area contributed by atoms with Crippen LogP contribution in [0.4, 0.5) is 0 Å². The zero-order valence-electron chi connectivity index (χ0n) is 12.7. The molecule has 0 radical (unpaired) electrons. The quantitative estimate of drug-likeness (QED) is 0.665. The van der Waals surface area contributed by atoms with Crippen molar-refractivity contribution < 1.29 is 4.79 Å². The standard InChI is InChI=1S/C20H24O/c1-14-12-18(16-7-2-3-8-16)20(13-14)11-10-15-6-4-5-9-17(15)19(20)21/h4-6,9,16,18H,1-3,7-8,10-13H2. The van der Waals surface area contributed by atoms with E-state index in [-0.39, 0.29) is 5.41 Å². The minimum atomic E-state index is -0.111. The molecule has 4 rings (SSSR count). The second-order valence-corrected chi connectivity index (χ2v) is 7.42. The van der Waals surface area contributed by atoms with Crippen LogP contribution >= 0.6 is 0 Å². The molecule has 0 N–H and O–H groups in total. The van der Waals surface area contributed by atoms with Gasteiger partial charge in [0, 0.05) is 11.0 Å². The van der Waals surface area contributed by atoms with Crippen LogP contribution < -0.4 is 0 Å². The third-order valence-electron chi connectivity index (χ3n) is 6.31. The van der Waals surface area contributed by atoms with Crippen molar-refractivity contribution >= 4 is 5.78 Å². The molecule has 1 aromatic carbocycles. The zero-order chi connectivity index (χ0) is 14.4. The number of carbonyl (C=O) groups is 1. The highest BCUT2D eigenvalue weighted by atomic mass is 16.1. The summed E-state index contributed by atoms with van der Waals surface area (Å²) < 4.78 is 0. The molecule has 21 heavy (non-hydrogen) atoms. The van der Waals surface area contributed by atoms with E-state index in [1.807, 2.05) is 12.1 Å². The van der Waals surface area contributed by atoms with E-state index in [4.69, 9.17) is 0 Å². The van der Waals surface area contributed by atoms with Crippen LogP contribution in [0, 0.1) is 17.3 Å². The Morgan fingerprint density at radius 2 is 1.90 bits per heavy atom. The fraction of sp³-hybridized carbons (Fsp3) is 0.550. The van der Waals surface area contributed by atoms with Gasteiger partial charge >= 0.3 is 0 Å². The van der Waals surface area contributed by atoms with Gasteiger partial charge in [0.2, 0.25) is 0 Å². The maximum Gasteiger partial charge on any atom is 0.169 e. The van der Waals surface area contributed by atoms with E-state index in [1.54, 1.807) is 0 Å². The number of ketones is 1. The molecule has 0 heterocycles. The molecule has 3 aliphatic rings. The van der Waals surface area contributed by atoms with Crippen molar-refractivity contribution in [3.05, 3.63) is 47.5 Å². The summed E-state index contributed by atoms with van der Waals surface area (Å²) in [5.74, 6) is 1.76. The Morgan fingerprint density at radius 3 is 2.71 bits per heavy atom. The second kappa shape index (κ2) is 4.83. The molecule has 1 spiro atoms. The molecule has 0 amide bonds. The summed E-state index contributed by atoms with van der Waals surface area (Å²) in [5.41, 5.74) is 3.47. The number of benzene rings is 1. The van der Waals surface area contributed by atoms with Crippen molar-refractivity contribution in [1.29, 1.82) is 0 Å². The fourth-order valence-electron chi connectivity index (χ4n) is 5.36. The summed E-state index contributed by atoms with van der Waals surface area (Å²) >= 11 is 0. The van der Waals surface area contributed by atoms with E-state index in [2.05, 4.69) is 18.7 Å². The van der Waals surface area contributed by atoms with Crippen LogP contribution in [0.25, 0.3) is 0 Å². The van der Waals surface area contributed by atoms with Gasteiger partial charge in [0.15, 0.2) is 5.78 Å². The molecule has 0 aliphatic heterocycles. The summed E-state index contributed by atoms with van der Waals surface area (Å²) in [6, 6.07) is 8.26. The Morgan fingerprint density at radius 1 is 1.14 bits per heavy atom. The van der Waals surface area contributed by atoms with Crippen LogP contribution in [0.15, 0.2) is 36.4 Å². The molecule has 3 aliphatic carbocycles. The molecular weight excluding hydrogens is 256 g/mol. The first-order chi connectivity index (χ1) is 10.2. The number of aryl methyl sites for hydroxylation is 1. The highest BCUT2D eigenvalue weighted by Gasteiger charge is 2.54. The summed E-state index contributed by atoms with van der Waals surface area (Å²) in [4.78, 5) is 13.3. The lowest BCUT2D eigenvalue weighted by Crippen LogP contribution is -2.41. The van der Waals surface area contributed by atoms with Crippen LogP contribution in [0.3, 0.4) is 0 Å². The molecule has 2 saturated carbocycles. The van der Waals surface area contributed by atoms with Gasteiger partial charge in [-0.3, -0.25) is 4.79 Å². The third kappa shape index (κ3) is 1.93. The fourth-order valence-corrected chi connectivity index (χ4v) is 5.36. The Balaban J connectivity index is 1.75. The molecule has 0 bridgehead atoms. The maximum absolute atomic E-state index is 13.3. The molecule has 2 atom stereocenters. The average Bonchev–Trinajstić information content (AvgIpc) is 3.12. The van der Waals surface area contributed by atoms with Crippen LogP contribution in [-0.2, 0) is 6.42 Å². The molecule has 0 aromatic heterocycles. The summed E-state index contributed by atoms with van der Waals surface area (Å²) in [6.07, 6.45) is 9.52. The molecule has 1 nitrogen and oxygen atoms in total. The van der Waals surface area contributed by atoms with Crippen molar-refractivity contribution in [3.63, 3.8) is 0 Å². The molecule has 1 heteroatoms. The number of allylic oxidation sites excluding steroid dienone is 1. The predicted octanol–water partition coefficient (Wildman–Crippen LogP) is 4.96. The Kier molecular flexibility index (Phi) is 3.06. The number of carbonyl (C=O) groups excluding carboxylic acids is 1. The predicted molar refractivity (Wildman–Crippen MR) is 85.3 cm³/mol. The molecular formula is C20H24O. The molecule has 1 aromatic rings. The Labute approximate surface area is 127 Å². The van der Waals surface area contributed by atoms with E-state index in [0.29, 0.717) is 11.7 Å². The normalized spacial score (nSPS) is 32.9. The second-order valence-electron chi connectivity index (χ2n) is 7.42. The first kappa shape index (κ1) is 13.3. The lowest BCUT2D eigenvalue weighted by Gasteiger charge is -2.40. The van der Waals surface area contributed by atoms with Crippen molar-refractivity contribution in [2.75, 3.05) is 0 Å². The van der Waals surface area contributed by atoms with Crippen LogP contribution in [0.2, 0.25) is 0 Å². The van der Waals surface area contributed by atoms with Crippen molar-refractivity contribution in [1.82, 2.24) is 0 Å². The van der Waals surface area contributed by atoms with Gasteiger partial charge in [0.25, 0.3) is 0 Å². The molecule has 2 fully saturated rings. The highest BCUT2D eigenvalue weighted by Crippen LogP contribution is 2.58. The molecule has 0 saturated heterocycles. The topological polar surface area (TPSA) is 17.1 Å². The minimum absolute atomic E-state index is 0.111. The van der Waals surface area contributed by atoms with E-state index < -0.39 is 0 Å². The van der Waals surface area contributed by atoms with E-state index >= 15 is 0 Å². The molecule has 2 unspecified atom stereocenters. The van der Waals surface area contributed by atoms with Gasteiger partial charge in [-0.15, -0.1) is 0 Å². The smallest absolute Gasteiger partial charge is 0.169 e. The van der Waals surface area contributed by atoms with Gasteiger partial charge in [-0.2, -0.15) is 0 Å². The van der Waals surface area contributed by atoms with E-state index in [9.17, 15) is 4.79 Å². The minimum Gasteiger partial charge on any atom is -0.294 e. The lowest BCUT2D eigenvalue weighted by molar-refractivity contribution is 0.0586. The maximum atomic E-state index is 13.3. The van der Waals surface area contributed by atoms with Gasteiger partial charge in [0.05, 0.1) is 0 Å². The Hall–Kier alpha value is -1.37. The number of fused-ring (bicyclic) bond motifs is 1. The third-order valence-corrected chi connectivity index (χ3v) is 6.31. The van der Waals surface area contributed by atoms with E-state index in [1.165, 1.54) is 36.8 Å². The monoisotopic (exact) mass is 280 g/mol. The van der Waals surface area contributed by atoms with Crippen LogP contribution in [0.1, 0.15) is 60.9 Å². The summed E-state index contributed by atoms with van der Waals surface area (Å²) in [5, 5.41) is 0. The first-order valence-electron chi connectivity index (χ1n) is 8.50. The number of hydrogen-bond donors (Lipinski definition) is 0. The number of hydrogen-bond acceptors (Lipinski definition) is 1. The SMILES string of the molecule is C=C1CC(C2CCCC2)C2(CCc3ccccc3C2=O)C1. The van der Waals surface area contributed by atoms with Gasteiger partial charge in [-0.05, 0) is 43.1 Å².